The second-order valence-corrected chi connectivity index (χ2v) is 7.05. The van der Waals surface area contributed by atoms with E-state index in [-0.39, 0.29) is 5.56 Å². The van der Waals surface area contributed by atoms with Gasteiger partial charge in [0.25, 0.3) is 5.56 Å². The van der Waals surface area contributed by atoms with Gasteiger partial charge >= 0.3 is 0 Å². The maximum absolute atomic E-state index is 12.5. The zero-order valence-corrected chi connectivity index (χ0v) is 15.5. The van der Waals surface area contributed by atoms with E-state index < -0.39 is 0 Å². The van der Waals surface area contributed by atoms with E-state index in [1.807, 2.05) is 30.3 Å². The van der Waals surface area contributed by atoms with E-state index in [1.54, 1.807) is 12.1 Å². The maximum Gasteiger partial charge on any atom is 0.254 e. The number of aromatic amines is 1. The summed E-state index contributed by atoms with van der Waals surface area (Å²) in [5.74, 6) is 3.31. The fraction of sp³-hybridized carbons (Fsp3) is 0.182. The Bertz CT molecular complexity index is 1080. The summed E-state index contributed by atoms with van der Waals surface area (Å²) in [7, 11) is 0. The monoisotopic (exact) mass is 375 g/mol. The minimum atomic E-state index is -0.0615. The molecule has 0 spiro atoms. The molecule has 3 aromatic rings. The number of aromatic nitrogens is 2. The standard InChI is InChI=1S/C22H18ClN3O/c1-2-15-5-3-4-6-17(15)13-26-12-11-19-20(14-26)24-21(25-22(19)27)16-7-9-18(23)10-8-16/h1,3-10H,11-14H2,(H,24,25,27). The van der Waals surface area contributed by atoms with E-state index in [2.05, 4.69) is 21.9 Å². The molecule has 4 nitrogen and oxygen atoms in total. The molecule has 1 N–H and O–H groups in total. The molecule has 1 aliphatic rings. The Balaban J connectivity index is 1.63. The van der Waals surface area contributed by atoms with Gasteiger partial charge in [-0.25, -0.2) is 4.98 Å². The largest absolute Gasteiger partial charge is 0.306 e. The molecule has 2 aromatic carbocycles. The smallest absolute Gasteiger partial charge is 0.254 e. The number of halogens is 1. The predicted molar refractivity (Wildman–Crippen MR) is 107 cm³/mol. The van der Waals surface area contributed by atoms with E-state index in [4.69, 9.17) is 23.0 Å². The summed E-state index contributed by atoms with van der Waals surface area (Å²) in [6.07, 6.45) is 6.29. The molecule has 0 saturated heterocycles. The van der Waals surface area contributed by atoms with Crippen LogP contribution in [-0.4, -0.2) is 21.4 Å². The molecule has 0 bridgehead atoms. The number of benzene rings is 2. The van der Waals surface area contributed by atoms with Crippen LogP contribution in [0, 0.1) is 12.3 Å². The van der Waals surface area contributed by atoms with Crippen molar-refractivity contribution in [2.45, 2.75) is 19.5 Å². The molecule has 0 amide bonds. The minimum Gasteiger partial charge on any atom is -0.306 e. The molecular weight excluding hydrogens is 358 g/mol. The molecule has 4 rings (SSSR count). The summed E-state index contributed by atoms with van der Waals surface area (Å²) in [6, 6.07) is 15.2. The highest BCUT2D eigenvalue weighted by Crippen LogP contribution is 2.22. The Kier molecular flexibility index (Phi) is 4.81. The highest BCUT2D eigenvalue weighted by molar-refractivity contribution is 6.30. The molecular formula is C22H18ClN3O. The fourth-order valence-electron chi connectivity index (χ4n) is 3.41. The lowest BCUT2D eigenvalue weighted by Crippen LogP contribution is -2.35. The van der Waals surface area contributed by atoms with Gasteiger partial charge in [0.05, 0.1) is 5.69 Å². The van der Waals surface area contributed by atoms with Gasteiger partial charge in [-0.3, -0.25) is 9.69 Å². The average molecular weight is 376 g/mol. The lowest BCUT2D eigenvalue weighted by atomic mass is 10.0. The Hall–Kier alpha value is -2.87. The van der Waals surface area contributed by atoms with Gasteiger partial charge in [-0.05, 0) is 42.3 Å². The first-order valence-corrected chi connectivity index (χ1v) is 9.17. The van der Waals surface area contributed by atoms with Gasteiger partial charge in [0.15, 0.2) is 0 Å². The molecule has 0 radical (unpaired) electrons. The van der Waals surface area contributed by atoms with Crippen LogP contribution in [0.25, 0.3) is 11.4 Å². The van der Waals surface area contributed by atoms with Crippen molar-refractivity contribution in [3.63, 3.8) is 0 Å². The van der Waals surface area contributed by atoms with E-state index >= 15 is 0 Å². The first kappa shape index (κ1) is 17.5. The highest BCUT2D eigenvalue weighted by atomic mass is 35.5. The number of nitrogens with one attached hydrogen (secondary N) is 1. The van der Waals surface area contributed by atoms with Crippen molar-refractivity contribution in [3.8, 4) is 23.7 Å². The zero-order chi connectivity index (χ0) is 18.8. The number of terminal acetylenes is 1. The molecule has 0 saturated carbocycles. The van der Waals surface area contributed by atoms with Crippen molar-refractivity contribution >= 4 is 11.6 Å². The number of hydrogen-bond acceptors (Lipinski definition) is 3. The summed E-state index contributed by atoms with van der Waals surface area (Å²) >= 11 is 5.95. The third-order valence-corrected chi connectivity index (χ3v) is 5.09. The van der Waals surface area contributed by atoms with Crippen molar-refractivity contribution in [1.82, 2.24) is 14.9 Å². The number of nitrogens with zero attached hydrogens (tertiary/aromatic N) is 2. The summed E-state index contributed by atoms with van der Waals surface area (Å²) in [5.41, 5.74) is 4.40. The lowest BCUT2D eigenvalue weighted by Gasteiger charge is -2.28. The fourth-order valence-corrected chi connectivity index (χ4v) is 3.54. The SMILES string of the molecule is C#Cc1ccccc1CN1CCc2c(nc(-c3ccc(Cl)cc3)[nH]c2=O)C1. The topological polar surface area (TPSA) is 49.0 Å². The third kappa shape index (κ3) is 3.66. The molecule has 5 heteroatoms. The zero-order valence-electron chi connectivity index (χ0n) is 14.7. The average Bonchev–Trinajstić information content (AvgIpc) is 2.68. The molecule has 27 heavy (non-hydrogen) atoms. The third-order valence-electron chi connectivity index (χ3n) is 4.84. The number of rotatable bonds is 3. The van der Waals surface area contributed by atoms with Gasteiger partial charge in [-0.2, -0.15) is 0 Å². The molecule has 134 valence electrons. The van der Waals surface area contributed by atoms with Crippen LogP contribution in [0.15, 0.2) is 53.3 Å². The van der Waals surface area contributed by atoms with E-state index in [0.717, 1.165) is 41.0 Å². The van der Waals surface area contributed by atoms with E-state index in [9.17, 15) is 4.79 Å². The van der Waals surface area contributed by atoms with Gasteiger partial charge < -0.3 is 4.98 Å². The van der Waals surface area contributed by atoms with Crippen LogP contribution in [0.5, 0.6) is 0 Å². The van der Waals surface area contributed by atoms with Gasteiger partial charge in [-0.1, -0.05) is 35.7 Å². The van der Waals surface area contributed by atoms with Crippen LogP contribution in [0.2, 0.25) is 5.02 Å². The highest BCUT2D eigenvalue weighted by Gasteiger charge is 2.22. The van der Waals surface area contributed by atoms with Crippen LogP contribution in [-0.2, 0) is 19.5 Å². The normalized spacial score (nSPS) is 13.8. The van der Waals surface area contributed by atoms with E-state index in [1.165, 1.54) is 0 Å². The van der Waals surface area contributed by atoms with Crippen LogP contribution < -0.4 is 5.56 Å². The van der Waals surface area contributed by atoms with Gasteiger partial charge in [0, 0.05) is 41.3 Å². The summed E-state index contributed by atoms with van der Waals surface area (Å²) in [6.45, 7) is 2.17. The van der Waals surface area contributed by atoms with Crippen molar-refractivity contribution in [2.24, 2.45) is 0 Å². The van der Waals surface area contributed by atoms with Crippen molar-refractivity contribution in [1.29, 1.82) is 0 Å². The predicted octanol–water partition coefficient (Wildman–Crippen LogP) is 3.63. The molecule has 1 aliphatic heterocycles. The number of fused-ring (bicyclic) bond motifs is 1. The molecule has 0 fully saturated rings. The van der Waals surface area contributed by atoms with Crippen LogP contribution >= 0.6 is 11.6 Å². The Labute approximate surface area is 162 Å². The Morgan fingerprint density at radius 3 is 2.74 bits per heavy atom. The van der Waals surface area contributed by atoms with Crippen molar-refractivity contribution < 1.29 is 0 Å². The second-order valence-electron chi connectivity index (χ2n) is 6.61. The maximum atomic E-state index is 12.5. The van der Waals surface area contributed by atoms with Crippen LogP contribution in [0.4, 0.5) is 0 Å². The van der Waals surface area contributed by atoms with E-state index in [0.29, 0.717) is 23.8 Å². The molecule has 0 atom stereocenters. The van der Waals surface area contributed by atoms with Crippen LogP contribution in [0.3, 0.4) is 0 Å². The van der Waals surface area contributed by atoms with Crippen molar-refractivity contribution in [2.75, 3.05) is 6.54 Å². The summed E-state index contributed by atoms with van der Waals surface area (Å²) in [4.78, 5) is 22.4. The summed E-state index contributed by atoms with van der Waals surface area (Å²) < 4.78 is 0. The van der Waals surface area contributed by atoms with Crippen LogP contribution in [0.1, 0.15) is 22.4 Å². The number of H-pyrrole nitrogens is 1. The van der Waals surface area contributed by atoms with Crippen molar-refractivity contribution in [3.05, 3.63) is 86.3 Å². The quantitative estimate of drug-likeness (QED) is 0.711. The van der Waals surface area contributed by atoms with Gasteiger partial charge in [-0.15, -0.1) is 6.42 Å². The Morgan fingerprint density at radius 1 is 1.19 bits per heavy atom. The van der Waals surface area contributed by atoms with Gasteiger partial charge in [0.1, 0.15) is 5.82 Å². The molecule has 0 unspecified atom stereocenters. The second kappa shape index (κ2) is 7.40. The van der Waals surface area contributed by atoms with Gasteiger partial charge in [0.2, 0.25) is 0 Å². The number of hydrogen-bond donors (Lipinski definition) is 1. The first-order chi connectivity index (χ1) is 13.1. The molecule has 0 aliphatic carbocycles. The lowest BCUT2D eigenvalue weighted by molar-refractivity contribution is 0.240. The Morgan fingerprint density at radius 2 is 1.96 bits per heavy atom. The minimum absolute atomic E-state index is 0.0615. The first-order valence-electron chi connectivity index (χ1n) is 8.79. The molecule has 2 heterocycles. The summed E-state index contributed by atoms with van der Waals surface area (Å²) in [5, 5.41) is 0.650. The molecule has 1 aromatic heterocycles.